The fourth-order valence-corrected chi connectivity index (χ4v) is 6.49. The van der Waals surface area contributed by atoms with Crippen LogP contribution in [0.3, 0.4) is 0 Å². The molecule has 0 aliphatic carbocycles. The smallest absolute Gasteiger partial charge is 0.263 e. The Morgan fingerprint density at radius 2 is 1.65 bits per heavy atom. The molecule has 0 saturated carbocycles. The van der Waals surface area contributed by atoms with Crippen LogP contribution in [-0.2, 0) is 16.6 Å². The predicted molar refractivity (Wildman–Crippen MR) is 157 cm³/mol. The Labute approximate surface area is 235 Å². The molecule has 1 fully saturated rings. The molecular weight excluding hydrogens is 528 g/mol. The van der Waals surface area contributed by atoms with E-state index in [0.29, 0.717) is 48.1 Å². The number of methoxy groups -OCH3 is 2. The molecule has 0 aromatic heterocycles. The van der Waals surface area contributed by atoms with Crippen LogP contribution in [0.1, 0.15) is 21.5 Å². The van der Waals surface area contributed by atoms with Gasteiger partial charge in [-0.25, -0.2) is 8.42 Å². The minimum atomic E-state index is -3.82. The topological polar surface area (TPSA) is 91.4 Å². The van der Waals surface area contributed by atoms with E-state index in [2.05, 4.69) is 9.62 Å². The van der Waals surface area contributed by atoms with Crippen molar-refractivity contribution in [1.29, 1.82) is 0 Å². The molecule has 2 aliphatic rings. The molecule has 0 spiro atoms. The van der Waals surface area contributed by atoms with Crippen molar-refractivity contribution >= 4 is 33.4 Å². The minimum absolute atomic E-state index is 0.0642. The van der Waals surface area contributed by atoms with Gasteiger partial charge in [0.2, 0.25) is 0 Å². The molecule has 3 aromatic carbocycles. The molecule has 1 saturated heterocycles. The number of amides is 1. The molecular formula is C30H34N4O5S. The molecule has 0 atom stereocenters. The summed E-state index contributed by atoms with van der Waals surface area (Å²) in [5.41, 5.74) is 3.59. The van der Waals surface area contributed by atoms with Crippen LogP contribution >= 0.6 is 0 Å². The Morgan fingerprint density at radius 3 is 2.35 bits per heavy atom. The van der Waals surface area contributed by atoms with E-state index in [9.17, 15) is 13.2 Å². The predicted octanol–water partition coefficient (Wildman–Crippen LogP) is 3.93. The molecule has 0 bridgehead atoms. The molecule has 0 radical (unpaired) electrons. The highest BCUT2D eigenvalue weighted by Crippen LogP contribution is 2.33. The summed E-state index contributed by atoms with van der Waals surface area (Å²) in [6, 6.07) is 17.8. The van der Waals surface area contributed by atoms with Crippen molar-refractivity contribution in [2.45, 2.75) is 11.4 Å². The van der Waals surface area contributed by atoms with Crippen LogP contribution < -0.4 is 19.1 Å². The molecule has 10 heteroatoms. The molecule has 3 aromatic rings. The number of nitrogens with one attached hydrogen (secondary N) is 1. The Kier molecular flexibility index (Phi) is 7.99. The van der Waals surface area contributed by atoms with Crippen molar-refractivity contribution in [3.05, 3.63) is 83.4 Å². The SMILES string of the molecule is COc1ccc(CN2CCN(C(=O)c3ccc(NS(=O)(=O)c4cccc5c4N(C)CC=C5)cc3)CC2)cc1OC. The maximum absolute atomic E-state index is 13.3. The summed E-state index contributed by atoms with van der Waals surface area (Å²) in [6.45, 7) is 4.13. The number of hydrogen-bond acceptors (Lipinski definition) is 7. The van der Waals surface area contributed by atoms with Gasteiger partial charge in [-0.1, -0.05) is 30.4 Å². The molecule has 2 heterocycles. The molecule has 5 rings (SSSR count). The standard InChI is InChI=1S/C30H34N4O5S/c1-32-15-5-7-23-6-4-8-28(29(23)32)40(36,37)31-25-12-10-24(11-13-25)30(35)34-18-16-33(17-19-34)21-22-9-14-26(38-2)27(20-22)39-3/h4-14,20,31H,15-19,21H2,1-3H3. The number of benzene rings is 3. The number of sulfonamides is 1. The van der Waals surface area contributed by atoms with Crippen LogP contribution in [0.2, 0.25) is 0 Å². The van der Waals surface area contributed by atoms with Gasteiger partial charge in [0, 0.05) is 57.6 Å². The van der Waals surface area contributed by atoms with Crippen LogP contribution in [-0.4, -0.2) is 78.1 Å². The number of rotatable bonds is 8. The number of fused-ring (bicyclic) bond motifs is 1. The van der Waals surface area contributed by atoms with Crippen molar-refractivity contribution < 1.29 is 22.7 Å². The Morgan fingerprint density at radius 1 is 0.925 bits per heavy atom. The van der Waals surface area contributed by atoms with E-state index in [1.165, 1.54) is 0 Å². The summed E-state index contributed by atoms with van der Waals surface area (Å²) < 4.78 is 39.9. The lowest BCUT2D eigenvalue weighted by Gasteiger charge is -2.35. The molecule has 0 unspecified atom stereocenters. The average Bonchev–Trinajstić information content (AvgIpc) is 2.97. The van der Waals surface area contributed by atoms with E-state index in [0.717, 1.165) is 30.8 Å². The van der Waals surface area contributed by atoms with E-state index in [4.69, 9.17) is 9.47 Å². The number of nitrogens with zero attached hydrogens (tertiary/aromatic N) is 3. The van der Waals surface area contributed by atoms with Gasteiger partial charge in [0.1, 0.15) is 4.90 Å². The first-order chi connectivity index (χ1) is 19.3. The zero-order valence-corrected chi connectivity index (χ0v) is 23.8. The number of carbonyl (C=O) groups is 1. The second-order valence-electron chi connectivity index (χ2n) is 9.92. The normalized spacial score (nSPS) is 15.5. The highest BCUT2D eigenvalue weighted by Gasteiger charge is 2.25. The highest BCUT2D eigenvalue weighted by atomic mass is 32.2. The monoisotopic (exact) mass is 562 g/mol. The third-order valence-electron chi connectivity index (χ3n) is 7.28. The number of ether oxygens (including phenoxy) is 2. The maximum atomic E-state index is 13.3. The van der Waals surface area contributed by atoms with Crippen molar-refractivity contribution in [3.8, 4) is 11.5 Å². The zero-order valence-electron chi connectivity index (χ0n) is 23.0. The Balaban J connectivity index is 1.19. The first-order valence-electron chi connectivity index (χ1n) is 13.1. The van der Waals surface area contributed by atoms with Crippen LogP contribution in [0.4, 0.5) is 11.4 Å². The largest absolute Gasteiger partial charge is 0.493 e. The van der Waals surface area contributed by atoms with Gasteiger partial charge in [-0.15, -0.1) is 0 Å². The lowest BCUT2D eigenvalue weighted by molar-refractivity contribution is 0.0628. The van der Waals surface area contributed by atoms with Crippen LogP contribution in [0, 0.1) is 0 Å². The van der Waals surface area contributed by atoms with E-state index < -0.39 is 10.0 Å². The lowest BCUT2D eigenvalue weighted by atomic mass is 10.1. The van der Waals surface area contributed by atoms with Crippen LogP contribution in [0.25, 0.3) is 6.08 Å². The van der Waals surface area contributed by atoms with E-state index in [-0.39, 0.29) is 10.8 Å². The summed E-state index contributed by atoms with van der Waals surface area (Å²) in [4.78, 5) is 19.4. The third kappa shape index (κ3) is 5.78. The fourth-order valence-electron chi connectivity index (χ4n) is 5.15. The summed E-state index contributed by atoms with van der Waals surface area (Å²) in [5.74, 6) is 1.34. The molecule has 210 valence electrons. The van der Waals surface area contributed by atoms with Gasteiger partial charge in [0.25, 0.3) is 15.9 Å². The lowest BCUT2D eigenvalue weighted by Crippen LogP contribution is -2.48. The van der Waals surface area contributed by atoms with Gasteiger partial charge in [0.15, 0.2) is 11.5 Å². The first-order valence-corrected chi connectivity index (χ1v) is 14.6. The number of piperazine rings is 1. The molecule has 1 N–H and O–H groups in total. The zero-order chi connectivity index (χ0) is 28.3. The van der Waals surface area contributed by atoms with Crippen LogP contribution in [0.15, 0.2) is 71.6 Å². The van der Waals surface area contributed by atoms with E-state index in [1.54, 1.807) is 50.6 Å². The van der Waals surface area contributed by atoms with E-state index >= 15 is 0 Å². The number of hydrogen-bond donors (Lipinski definition) is 1. The van der Waals surface area contributed by atoms with Gasteiger partial charge in [-0.05, 0) is 53.6 Å². The van der Waals surface area contributed by atoms with Gasteiger partial charge >= 0.3 is 0 Å². The molecule has 1 amide bonds. The third-order valence-corrected chi connectivity index (χ3v) is 8.69. The van der Waals surface area contributed by atoms with Gasteiger partial charge in [-0.2, -0.15) is 0 Å². The fraction of sp³-hybridized carbons (Fsp3) is 0.300. The highest BCUT2D eigenvalue weighted by molar-refractivity contribution is 7.92. The second-order valence-corrected chi connectivity index (χ2v) is 11.6. The quantitative estimate of drug-likeness (QED) is 0.445. The van der Waals surface area contributed by atoms with Crippen molar-refractivity contribution in [3.63, 3.8) is 0 Å². The number of carbonyl (C=O) groups excluding carboxylic acids is 1. The number of para-hydroxylation sites is 1. The van der Waals surface area contributed by atoms with Crippen molar-refractivity contribution in [1.82, 2.24) is 9.80 Å². The summed E-state index contributed by atoms with van der Waals surface area (Å²) in [5, 5.41) is 0. The van der Waals surface area contributed by atoms with E-state index in [1.807, 2.05) is 53.3 Å². The summed E-state index contributed by atoms with van der Waals surface area (Å²) in [6.07, 6.45) is 3.94. The van der Waals surface area contributed by atoms with Gasteiger partial charge in [-0.3, -0.25) is 14.4 Å². The van der Waals surface area contributed by atoms with Crippen molar-refractivity contribution in [2.24, 2.45) is 0 Å². The second kappa shape index (κ2) is 11.6. The first kappa shape index (κ1) is 27.5. The number of anilines is 2. The summed E-state index contributed by atoms with van der Waals surface area (Å²) in [7, 11) is 1.29. The maximum Gasteiger partial charge on any atom is 0.263 e. The molecule has 2 aliphatic heterocycles. The average molecular weight is 563 g/mol. The minimum Gasteiger partial charge on any atom is -0.493 e. The van der Waals surface area contributed by atoms with Gasteiger partial charge < -0.3 is 19.3 Å². The van der Waals surface area contributed by atoms with Crippen LogP contribution in [0.5, 0.6) is 11.5 Å². The van der Waals surface area contributed by atoms with Crippen molar-refractivity contribution in [2.75, 3.05) is 63.6 Å². The summed E-state index contributed by atoms with van der Waals surface area (Å²) >= 11 is 0. The van der Waals surface area contributed by atoms with Gasteiger partial charge in [0.05, 0.1) is 19.9 Å². The number of likely N-dealkylation sites (N-methyl/N-ethyl adjacent to an activating group) is 1. The molecule has 9 nitrogen and oxygen atoms in total. The Hall–Kier alpha value is -4.02. The Bertz CT molecular complexity index is 1510. The molecule has 40 heavy (non-hydrogen) atoms.